The molecule has 20 heavy (non-hydrogen) atoms. The van der Waals surface area contributed by atoms with E-state index in [0.29, 0.717) is 6.61 Å². The first-order valence-corrected chi connectivity index (χ1v) is 6.28. The Labute approximate surface area is 115 Å². The lowest BCUT2D eigenvalue weighted by molar-refractivity contribution is 0.0688. The number of hydrogen-bond acceptors (Lipinski definition) is 4. The van der Waals surface area contributed by atoms with Crippen LogP contribution in [0.2, 0.25) is 0 Å². The zero-order chi connectivity index (χ0) is 13.9. The lowest BCUT2D eigenvalue weighted by Gasteiger charge is -2.13. The molecule has 0 spiro atoms. The zero-order valence-electron chi connectivity index (χ0n) is 10.7. The SMILES string of the molecule is O=C(O)c1ccncc1OCC1Cc2ccccc2O1. The number of nitrogens with zero attached hydrogens (tertiary/aromatic N) is 1. The third-order valence-electron chi connectivity index (χ3n) is 3.15. The quantitative estimate of drug-likeness (QED) is 0.922. The van der Waals surface area contributed by atoms with Crippen LogP contribution in [-0.4, -0.2) is 28.8 Å². The summed E-state index contributed by atoms with van der Waals surface area (Å²) in [6.45, 7) is 0.292. The monoisotopic (exact) mass is 271 g/mol. The summed E-state index contributed by atoms with van der Waals surface area (Å²) < 4.78 is 11.3. The van der Waals surface area contributed by atoms with Crippen LogP contribution in [0.1, 0.15) is 15.9 Å². The maximum absolute atomic E-state index is 11.1. The van der Waals surface area contributed by atoms with Gasteiger partial charge in [0.1, 0.15) is 24.0 Å². The molecule has 102 valence electrons. The molecule has 5 heteroatoms. The van der Waals surface area contributed by atoms with Gasteiger partial charge in [-0.1, -0.05) is 18.2 Å². The molecular formula is C15H13NO4. The number of hydrogen-bond donors (Lipinski definition) is 1. The van der Waals surface area contributed by atoms with Crippen molar-refractivity contribution in [1.29, 1.82) is 0 Å². The van der Waals surface area contributed by atoms with Crippen molar-refractivity contribution in [3.05, 3.63) is 53.9 Å². The van der Waals surface area contributed by atoms with Gasteiger partial charge in [-0.3, -0.25) is 4.98 Å². The van der Waals surface area contributed by atoms with Crippen LogP contribution in [0.4, 0.5) is 0 Å². The third kappa shape index (κ3) is 2.42. The largest absolute Gasteiger partial charge is 0.487 e. The van der Waals surface area contributed by atoms with E-state index in [2.05, 4.69) is 4.98 Å². The fourth-order valence-corrected chi connectivity index (χ4v) is 2.20. The Kier molecular flexibility index (Phi) is 3.25. The lowest BCUT2D eigenvalue weighted by Crippen LogP contribution is -2.23. The number of fused-ring (bicyclic) bond motifs is 1. The molecule has 0 fully saturated rings. The second-order valence-corrected chi connectivity index (χ2v) is 4.54. The molecule has 1 unspecified atom stereocenters. The number of carbonyl (C=O) groups is 1. The van der Waals surface area contributed by atoms with Gasteiger partial charge >= 0.3 is 5.97 Å². The summed E-state index contributed by atoms with van der Waals surface area (Å²) >= 11 is 0. The topological polar surface area (TPSA) is 68.7 Å². The van der Waals surface area contributed by atoms with Gasteiger partial charge in [-0.15, -0.1) is 0 Å². The van der Waals surface area contributed by atoms with Crippen molar-refractivity contribution in [3.63, 3.8) is 0 Å². The fraction of sp³-hybridized carbons (Fsp3) is 0.200. The van der Waals surface area contributed by atoms with Crippen molar-refractivity contribution < 1.29 is 19.4 Å². The van der Waals surface area contributed by atoms with E-state index < -0.39 is 5.97 Å². The minimum absolute atomic E-state index is 0.103. The highest BCUT2D eigenvalue weighted by molar-refractivity contribution is 5.90. The number of aromatic nitrogens is 1. The standard InChI is InChI=1S/C15H13NO4/c17-15(18)12-5-6-16-8-14(12)19-9-11-7-10-3-1-2-4-13(10)20-11/h1-6,8,11H,7,9H2,(H,17,18). The van der Waals surface area contributed by atoms with Gasteiger partial charge in [0.2, 0.25) is 0 Å². The first kappa shape index (κ1) is 12.5. The van der Waals surface area contributed by atoms with Gasteiger partial charge in [-0.25, -0.2) is 4.79 Å². The van der Waals surface area contributed by atoms with Crippen LogP contribution in [0.3, 0.4) is 0 Å². The van der Waals surface area contributed by atoms with E-state index in [9.17, 15) is 4.79 Å². The van der Waals surface area contributed by atoms with Gasteiger partial charge in [0.25, 0.3) is 0 Å². The molecule has 1 atom stereocenters. The first-order chi connectivity index (χ1) is 9.74. The second-order valence-electron chi connectivity index (χ2n) is 4.54. The molecule has 1 aromatic carbocycles. The summed E-state index contributed by atoms with van der Waals surface area (Å²) in [6.07, 6.45) is 3.50. The number of rotatable bonds is 4. The van der Waals surface area contributed by atoms with Crippen molar-refractivity contribution in [2.75, 3.05) is 6.61 Å². The van der Waals surface area contributed by atoms with Crippen LogP contribution in [0, 0.1) is 0 Å². The molecule has 0 bridgehead atoms. The molecule has 0 amide bonds. The molecule has 1 N–H and O–H groups in total. The van der Waals surface area contributed by atoms with E-state index in [1.165, 1.54) is 18.5 Å². The van der Waals surface area contributed by atoms with Gasteiger partial charge in [0, 0.05) is 12.6 Å². The Morgan fingerprint density at radius 2 is 2.25 bits per heavy atom. The molecule has 0 saturated heterocycles. The van der Waals surface area contributed by atoms with E-state index in [-0.39, 0.29) is 17.4 Å². The number of carboxylic acid groups (broad SMARTS) is 1. The molecule has 0 radical (unpaired) electrons. The number of para-hydroxylation sites is 1. The predicted molar refractivity (Wildman–Crippen MR) is 71.3 cm³/mol. The highest BCUT2D eigenvalue weighted by atomic mass is 16.5. The number of carboxylic acids is 1. The predicted octanol–water partition coefficient (Wildman–Crippen LogP) is 2.16. The Bertz CT molecular complexity index is 616. The minimum Gasteiger partial charge on any atom is -0.487 e. The Morgan fingerprint density at radius 1 is 1.40 bits per heavy atom. The molecule has 0 saturated carbocycles. The molecule has 3 rings (SSSR count). The summed E-state index contributed by atoms with van der Waals surface area (Å²) in [6, 6.07) is 9.24. The Balaban J connectivity index is 1.66. The average Bonchev–Trinajstić information content (AvgIpc) is 2.88. The van der Waals surface area contributed by atoms with Crippen LogP contribution in [0.15, 0.2) is 42.7 Å². The maximum atomic E-state index is 11.1. The number of ether oxygens (including phenoxy) is 2. The number of pyridine rings is 1. The average molecular weight is 271 g/mol. The van der Waals surface area contributed by atoms with Crippen LogP contribution >= 0.6 is 0 Å². The molecule has 1 aromatic heterocycles. The van der Waals surface area contributed by atoms with Crippen molar-refractivity contribution in [2.24, 2.45) is 0 Å². The zero-order valence-corrected chi connectivity index (χ0v) is 10.7. The van der Waals surface area contributed by atoms with Gasteiger partial charge in [0.15, 0.2) is 5.75 Å². The van der Waals surface area contributed by atoms with Gasteiger partial charge in [-0.2, -0.15) is 0 Å². The molecule has 2 aromatic rings. The Hall–Kier alpha value is -2.56. The van der Waals surface area contributed by atoms with E-state index >= 15 is 0 Å². The normalized spacial score (nSPS) is 16.3. The molecule has 5 nitrogen and oxygen atoms in total. The van der Waals surface area contributed by atoms with Crippen LogP contribution in [0.5, 0.6) is 11.5 Å². The van der Waals surface area contributed by atoms with Crippen molar-refractivity contribution in [2.45, 2.75) is 12.5 Å². The number of aromatic carboxylic acids is 1. The van der Waals surface area contributed by atoms with E-state index in [0.717, 1.165) is 17.7 Å². The molecule has 1 aliphatic rings. The molecule has 0 aliphatic carbocycles. The maximum Gasteiger partial charge on any atom is 0.339 e. The summed E-state index contributed by atoms with van der Waals surface area (Å²) in [5.41, 5.74) is 1.25. The van der Waals surface area contributed by atoms with E-state index in [4.69, 9.17) is 14.6 Å². The fourth-order valence-electron chi connectivity index (χ4n) is 2.20. The summed E-state index contributed by atoms with van der Waals surface area (Å²) in [5.74, 6) is 0.100. The van der Waals surface area contributed by atoms with Crippen LogP contribution in [-0.2, 0) is 6.42 Å². The lowest BCUT2D eigenvalue weighted by atomic mass is 10.1. The minimum atomic E-state index is -1.03. The molecular weight excluding hydrogens is 258 g/mol. The van der Waals surface area contributed by atoms with Gasteiger partial charge < -0.3 is 14.6 Å². The van der Waals surface area contributed by atoms with Crippen molar-refractivity contribution in [1.82, 2.24) is 4.98 Å². The summed E-state index contributed by atoms with van der Waals surface area (Å²) in [7, 11) is 0. The van der Waals surface area contributed by atoms with Gasteiger partial charge in [0.05, 0.1) is 6.20 Å². The number of benzene rings is 1. The second kappa shape index (κ2) is 5.21. The van der Waals surface area contributed by atoms with Crippen LogP contribution in [0.25, 0.3) is 0 Å². The third-order valence-corrected chi connectivity index (χ3v) is 3.15. The summed E-state index contributed by atoms with van der Waals surface area (Å²) in [5, 5.41) is 9.06. The van der Waals surface area contributed by atoms with Gasteiger partial charge in [-0.05, 0) is 17.7 Å². The van der Waals surface area contributed by atoms with E-state index in [1.807, 2.05) is 24.3 Å². The highest BCUT2D eigenvalue weighted by Crippen LogP contribution is 2.28. The van der Waals surface area contributed by atoms with Crippen molar-refractivity contribution in [3.8, 4) is 11.5 Å². The van der Waals surface area contributed by atoms with Crippen molar-refractivity contribution >= 4 is 5.97 Å². The molecule has 1 aliphatic heterocycles. The summed E-state index contributed by atoms with van der Waals surface area (Å²) in [4.78, 5) is 14.9. The Morgan fingerprint density at radius 3 is 3.05 bits per heavy atom. The molecule has 2 heterocycles. The highest BCUT2D eigenvalue weighted by Gasteiger charge is 2.23. The first-order valence-electron chi connectivity index (χ1n) is 6.28. The smallest absolute Gasteiger partial charge is 0.339 e. The van der Waals surface area contributed by atoms with Crippen LogP contribution < -0.4 is 9.47 Å². The van der Waals surface area contributed by atoms with E-state index in [1.54, 1.807) is 0 Å².